The Morgan fingerprint density at radius 3 is 1.63 bits per heavy atom. The molecule has 0 aromatic carbocycles. The molecule has 0 unspecified atom stereocenters. The summed E-state index contributed by atoms with van der Waals surface area (Å²) in [6, 6.07) is 0. The lowest BCUT2D eigenvalue weighted by Gasteiger charge is -2.71. The van der Waals surface area contributed by atoms with Gasteiger partial charge in [0.2, 0.25) is 0 Å². The van der Waals surface area contributed by atoms with Gasteiger partial charge < -0.3 is 9.84 Å². The third kappa shape index (κ3) is 6.55. The highest BCUT2D eigenvalue weighted by atomic mass is 16.5. The van der Waals surface area contributed by atoms with Crippen molar-refractivity contribution in [3.05, 3.63) is 33.6 Å². The van der Waals surface area contributed by atoms with Gasteiger partial charge in [-0.2, -0.15) is 0 Å². The number of rotatable bonds is 12. The zero-order valence-corrected chi connectivity index (χ0v) is 43.0. The van der Waals surface area contributed by atoms with Crippen LogP contribution in [0.3, 0.4) is 0 Å². The lowest BCUT2D eigenvalue weighted by Crippen LogP contribution is -2.71. The van der Waals surface area contributed by atoms with Gasteiger partial charge in [0.25, 0.3) is 0 Å². The first-order valence-electron chi connectivity index (χ1n) is 27.9. The standard InChI is InChI=1S/C60H98O2/c1-14-41(37(3)4)18-16-39(7)46-22-24-48-43-20-21-50-45-36-60-35-26-44-49-25-23-47(40(8)17-19-42(15-2)38(5)6)56(49,10)32-28-52(44)58(60,12)34-30-54(61)59(60,13)62-53(45)29-33-57(50,11)51(43)27-31-55(46,48)9/h37-42,46-47,50-52,54,61H,14-36H2,1-13H3/t39-,40-,41+,42+,46-,47-,50+,51+,52+,54+,55-,56-,57+,58-,59+,60-/m1/s1. The molecule has 9 aliphatic rings. The molecule has 0 aromatic rings. The van der Waals surface area contributed by atoms with Crippen molar-refractivity contribution in [3.8, 4) is 0 Å². The number of aliphatic hydroxyl groups is 1. The average molecular weight is 851 g/mol. The van der Waals surface area contributed by atoms with E-state index in [9.17, 15) is 5.11 Å². The Morgan fingerprint density at radius 1 is 0.548 bits per heavy atom. The van der Waals surface area contributed by atoms with Crippen LogP contribution in [0.4, 0.5) is 0 Å². The predicted octanol–water partition coefficient (Wildman–Crippen LogP) is 17.0. The van der Waals surface area contributed by atoms with E-state index in [2.05, 4.69) is 90.0 Å². The van der Waals surface area contributed by atoms with Crippen LogP contribution in [0.2, 0.25) is 0 Å². The Hall–Kier alpha value is -1.02. The molecule has 0 aromatic heterocycles. The second-order valence-corrected chi connectivity index (χ2v) is 26.7. The quantitative estimate of drug-likeness (QED) is 0.198. The second-order valence-electron chi connectivity index (χ2n) is 26.7. The Kier molecular flexibility index (Phi) is 12.2. The van der Waals surface area contributed by atoms with E-state index in [4.69, 9.17) is 4.74 Å². The molecule has 62 heavy (non-hydrogen) atoms. The van der Waals surface area contributed by atoms with Crippen molar-refractivity contribution in [2.24, 2.45) is 92.2 Å². The predicted molar refractivity (Wildman–Crippen MR) is 261 cm³/mol. The molecule has 2 heteroatoms. The highest BCUT2D eigenvalue weighted by Gasteiger charge is 2.73. The van der Waals surface area contributed by atoms with Gasteiger partial charge >= 0.3 is 0 Å². The molecule has 0 radical (unpaired) electrons. The number of allylic oxidation sites excluding steroid dienone is 6. The summed E-state index contributed by atoms with van der Waals surface area (Å²) in [5.41, 5.74) is 10.3. The zero-order chi connectivity index (χ0) is 44.4. The van der Waals surface area contributed by atoms with Crippen molar-refractivity contribution >= 4 is 0 Å². The van der Waals surface area contributed by atoms with Crippen LogP contribution in [-0.2, 0) is 4.74 Å². The molecular formula is C60H98O2. The largest absolute Gasteiger partial charge is 0.489 e. The van der Waals surface area contributed by atoms with Crippen molar-refractivity contribution in [2.75, 3.05) is 0 Å². The van der Waals surface area contributed by atoms with E-state index in [1.165, 1.54) is 134 Å². The molecule has 5 fully saturated rings. The van der Waals surface area contributed by atoms with Crippen LogP contribution in [0.5, 0.6) is 0 Å². The number of fused-ring (bicyclic) bond motifs is 8. The molecule has 1 aliphatic heterocycles. The van der Waals surface area contributed by atoms with Gasteiger partial charge in [-0.05, 0) is 215 Å². The van der Waals surface area contributed by atoms with E-state index in [0.717, 1.165) is 72.5 Å². The average Bonchev–Trinajstić information content (AvgIpc) is 3.78. The molecule has 1 spiro atoms. The molecule has 1 heterocycles. The van der Waals surface area contributed by atoms with E-state index in [0.29, 0.717) is 28.1 Å². The van der Waals surface area contributed by atoms with E-state index in [1.807, 2.05) is 22.3 Å². The van der Waals surface area contributed by atoms with Crippen molar-refractivity contribution in [2.45, 2.75) is 249 Å². The summed E-state index contributed by atoms with van der Waals surface area (Å²) >= 11 is 0. The molecule has 0 saturated heterocycles. The van der Waals surface area contributed by atoms with Gasteiger partial charge in [-0.25, -0.2) is 0 Å². The molecule has 0 bridgehead atoms. The fraction of sp³-hybridized carbons (Fsp3) is 0.900. The Morgan fingerprint density at radius 2 is 1.08 bits per heavy atom. The van der Waals surface area contributed by atoms with Crippen LogP contribution in [0.15, 0.2) is 33.6 Å². The van der Waals surface area contributed by atoms with Crippen LogP contribution in [0.25, 0.3) is 0 Å². The minimum absolute atomic E-state index is 0.000426. The Bertz CT molecular complexity index is 1790. The lowest BCUT2D eigenvalue weighted by molar-refractivity contribution is -0.269. The minimum atomic E-state index is -0.487. The summed E-state index contributed by atoms with van der Waals surface area (Å²) in [6.45, 7) is 33.3. The van der Waals surface area contributed by atoms with Gasteiger partial charge in [0.15, 0.2) is 0 Å². The number of hydrogen-bond acceptors (Lipinski definition) is 2. The van der Waals surface area contributed by atoms with Gasteiger partial charge in [-0.3, -0.25) is 0 Å². The summed E-state index contributed by atoms with van der Waals surface area (Å²) in [5, 5.41) is 12.3. The minimum Gasteiger partial charge on any atom is -0.489 e. The van der Waals surface area contributed by atoms with Gasteiger partial charge in [0.05, 0.1) is 11.9 Å². The Labute approximate surface area is 383 Å². The highest BCUT2D eigenvalue weighted by Crippen LogP contribution is 2.77. The molecule has 0 amide bonds. The van der Waals surface area contributed by atoms with Crippen molar-refractivity contribution in [3.63, 3.8) is 0 Å². The summed E-state index contributed by atoms with van der Waals surface area (Å²) in [5.74, 6) is 10.1. The van der Waals surface area contributed by atoms with Gasteiger partial charge in [0, 0.05) is 11.8 Å². The maximum Gasteiger partial charge on any atom is 0.138 e. The maximum atomic E-state index is 12.3. The van der Waals surface area contributed by atoms with Crippen molar-refractivity contribution < 1.29 is 9.84 Å². The maximum absolute atomic E-state index is 12.3. The monoisotopic (exact) mass is 851 g/mol. The molecule has 350 valence electrons. The van der Waals surface area contributed by atoms with Crippen LogP contribution >= 0.6 is 0 Å². The third-order valence-electron chi connectivity index (χ3n) is 24.2. The lowest BCUT2D eigenvalue weighted by atomic mass is 9.36. The molecule has 2 nitrogen and oxygen atoms in total. The highest BCUT2D eigenvalue weighted by molar-refractivity contribution is 5.42. The van der Waals surface area contributed by atoms with Gasteiger partial charge in [-0.15, -0.1) is 0 Å². The summed E-state index contributed by atoms with van der Waals surface area (Å²) < 4.78 is 7.65. The first kappa shape index (κ1) is 46.1. The fourth-order valence-electron chi connectivity index (χ4n) is 20.2. The van der Waals surface area contributed by atoms with Crippen molar-refractivity contribution in [1.29, 1.82) is 0 Å². The van der Waals surface area contributed by atoms with Crippen molar-refractivity contribution in [1.82, 2.24) is 0 Å². The first-order valence-corrected chi connectivity index (χ1v) is 27.9. The van der Waals surface area contributed by atoms with E-state index < -0.39 is 5.60 Å². The molecule has 16 atom stereocenters. The van der Waals surface area contributed by atoms with E-state index >= 15 is 0 Å². The number of ether oxygens (including phenoxy) is 1. The smallest absolute Gasteiger partial charge is 0.138 e. The zero-order valence-electron chi connectivity index (χ0n) is 43.0. The van der Waals surface area contributed by atoms with Crippen LogP contribution < -0.4 is 0 Å². The van der Waals surface area contributed by atoms with E-state index in [1.54, 1.807) is 5.57 Å². The SMILES string of the molecule is CC[C@@H](CC[C@@H](C)[C@H]1CCC2=C3CC[C@H]4C5=C(CC[C@]4(C)[C@H]3CC[C@@]21C)O[C@@]1(C)[C@@H](O)CC[C@]2(C)[C@H]3CC[C@@]4(C)C(=C3CC[C@]12C5)CC[C@@H]4[C@H](C)CC[C@H](CC)C(C)C)C(C)C. The Balaban J connectivity index is 0.980. The summed E-state index contributed by atoms with van der Waals surface area (Å²) in [4.78, 5) is 0. The number of aliphatic hydroxyl groups excluding tert-OH is 1. The van der Waals surface area contributed by atoms with Gasteiger partial charge in [0.1, 0.15) is 5.60 Å². The first-order chi connectivity index (χ1) is 29.3. The molecule has 1 N–H and O–H groups in total. The van der Waals surface area contributed by atoms with Crippen LogP contribution in [0, 0.1) is 92.2 Å². The molecule has 8 aliphatic carbocycles. The normalized spacial score (nSPS) is 45.5. The molecule has 5 saturated carbocycles. The van der Waals surface area contributed by atoms with Crippen LogP contribution in [0.1, 0.15) is 238 Å². The molecule has 9 rings (SSSR count). The fourth-order valence-corrected chi connectivity index (χ4v) is 20.2. The summed E-state index contributed by atoms with van der Waals surface area (Å²) in [7, 11) is 0. The third-order valence-corrected chi connectivity index (χ3v) is 24.2. The topological polar surface area (TPSA) is 29.5 Å². The number of hydrogen-bond donors (Lipinski definition) is 1. The molecular weight excluding hydrogens is 753 g/mol. The van der Waals surface area contributed by atoms with E-state index in [-0.39, 0.29) is 16.9 Å². The second kappa shape index (κ2) is 16.3. The van der Waals surface area contributed by atoms with Crippen LogP contribution in [-0.4, -0.2) is 16.8 Å². The van der Waals surface area contributed by atoms with Gasteiger partial charge in [-0.1, -0.05) is 131 Å². The summed E-state index contributed by atoms with van der Waals surface area (Å²) in [6.07, 6.45) is 29.8.